The van der Waals surface area contributed by atoms with Gasteiger partial charge < -0.3 is 19.1 Å². The number of hydrogen-bond donors (Lipinski definition) is 5. The Morgan fingerprint density at radius 1 is 1.07 bits per heavy atom. The van der Waals surface area contributed by atoms with E-state index in [2.05, 4.69) is 45.6 Å². The molecule has 0 aromatic carbocycles. The van der Waals surface area contributed by atoms with Crippen molar-refractivity contribution in [3.05, 3.63) is 0 Å². The molecule has 9 heteroatoms. The van der Waals surface area contributed by atoms with Crippen molar-refractivity contribution in [2.24, 2.45) is 0 Å². The van der Waals surface area contributed by atoms with Crippen molar-refractivity contribution in [3.63, 3.8) is 0 Å². The predicted octanol–water partition coefficient (Wildman–Crippen LogP) is -0.0979. The molecule has 2 aliphatic heterocycles. The van der Waals surface area contributed by atoms with Crippen LogP contribution < -0.4 is 26.6 Å². The maximum absolute atomic E-state index is 5.93. The van der Waals surface area contributed by atoms with Gasteiger partial charge in [-0.2, -0.15) is 0 Å². The molecular formula is C20H42N6O3. The summed E-state index contributed by atoms with van der Waals surface area (Å²) in [6.45, 7) is 4.39. The summed E-state index contributed by atoms with van der Waals surface area (Å²) in [4.78, 5) is 2.26. The van der Waals surface area contributed by atoms with Gasteiger partial charge in [0.15, 0.2) is 6.35 Å². The van der Waals surface area contributed by atoms with Gasteiger partial charge in [0.1, 0.15) is 12.6 Å². The molecule has 1 aliphatic carbocycles. The normalized spacial score (nSPS) is 37.1. The van der Waals surface area contributed by atoms with Crippen LogP contribution in [-0.2, 0) is 14.2 Å². The molecule has 1 saturated carbocycles. The highest BCUT2D eigenvalue weighted by molar-refractivity contribution is 4.86. The lowest BCUT2D eigenvalue weighted by molar-refractivity contribution is -0.0485. The highest BCUT2D eigenvalue weighted by Gasteiger charge is 2.32. The van der Waals surface area contributed by atoms with Crippen molar-refractivity contribution in [1.29, 1.82) is 0 Å². The molecule has 0 aromatic rings. The van der Waals surface area contributed by atoms with Crippen LogP contribution in [0.25, 0.3) is 0 Å². The summed E-state index contributed by atoms with van der Waals surface area (Å²) in [7, 11) is 6.07. The predicted molar refractivity (Wildman–Crippen MR) is 113 cm³/mol. The van der Waals surface area contributed by atoms with E-state index in [9.17, 15) is 0 Å². The summed E-state index contributed by atoms with van der Waals surface area (Å²) in [6.07, 6.45) is 7.21. The van der Waals surface area contributed by atoms with Crippen LogP contribution in [0.4, 0.5) is 0 Å². The van der Waals surface area contributed by atoms with Crippen LogP contribution in [0.2, 0.25) is 0 Å². The van der Waals surface area contributed by atoms with E-state index >= 15 is 0 Å². The van der Waals surface area contributed by atoms with Gasteiger partial charge in [-0.3, -0.25) is 26.6 Å². The molecule has 2 heterocycles. The highest BCUT2D eigenvalue weighted by atomic mass is 16.5. The van der Waals surface area contributed by atoms with E-state index in [1.54, 1.807) is 0 Å². The van der Waals surface area contributed by atoms with Crippen LogP contribution in [0.1, 0.15) is 45.4 Å². The van der Waals surface area contributed by atoms with Gasteiger partial charge in [0.05, 0.1) is 12.2 Å². The minimum Gasteiger partial charge on any atom is -0.381 e. The van der Waals surface area contributed by atoms with E-state index in [1.165, 1.54) is 0 Å². The number of rotatable bonds is 10. The Balaban J connectivity index is 1.50. The smallest absolute Gasteiger partial charge is 0.167 e. The molecule has 5 unspecified atom stereocenters. The average Bonchev–Trinajstić information content (AvgIpc) is 3.23. The maximum atomic E-state index is 5.93. The van der Waals surface area contributed by atoms with Crippen LogP contribution in [0.15, 0.2) is 0 Å². The number of nitrogens with zero attached hydrogens (tertiary/aromatic N) is 1. The molecular weight excluding hydrogens is 372 g/mol. The number of nitrogens with one attached hydrogen (secondary N) is 5. The zero-order chi connectivity index (χ0) is 20.6. The monoisotopic (exact) mass is 414 g/mol. The highest BCUT2D eigenvalue weighted by Crippen LogP contribution is 2.21. The van der Waals surface area contributed by atoms with Gasteiger partial charge in [-0.25, -0.2) is 0 Å². The largest absolute Gasteiger partial charge is 0.381 e. The first-order valence-electron chi connectivity index (χ1n) is 11.3. The first kappa shape index (κ1) is 23.3. The molecule has 0 amide bonds. The van der Waals surface area contributed by atoms with Crippen molar-refractivity contribution in [1.82, 2.24) is 31.5 Å². The molecule has 3 rings (SSSR count). The fourth-order valence-electron chi connectivity index (χ4n) is 4.58. The summed E-state index contributed by atoms with van der Waals surface area (Å²) in [5.74, 6) is 0. The van der Waals surface area contributed by atoms with Crippen LogP contribution in [-0.4, -0.2) is 89.1 Å². The quantitative estimate of drug-likeness (QED) is 0.336. The molecule has 170 valence electrons. The van der Waals surface area contributed by atoms with E-state index < -0.39 is 0 Å². The van der Waals surface area contributed by atoms with Crippen LogP contribution >= 0.6 is 0 Å². The van der Waals surface area contributed by atoms with Crippen molar-refractivity contribution < 1.29 is 14.2 Å². The van der Waals surface area contributed by atoms with Crippen molar-refractivity contribution >= 4 is 0 Å². The van der Waals surface area contributed by atoms with Gasteiger partial charge >= 0.3 is 0 Å². The topological polar surface area (TPSA) is 91.1 Å². The van der Waals surface area contributed by atoms with Crippen LogP contribution in [0.3, 0.4) is 0 Å². The fourth-order valence-corrected chi connectivity index (χ4v) is 4.58. The Morgan fingerprint density at radius 2 is 1.83 bits per heavy atom. The van der Waals surface area contributed by atoms with E-state index in [1.807, 2.05) is 14.0 Å². The number of hydrogen-bond acceptors (Lipinski definition) is 9. The third kappa shape index (κ3) is 7.09. The molecule has 5 atom stereocenters. The Kier molecular flexibility index (Phi) is 9.54. The number of ether oxygens (including phenoxy) is 3. The summed E-state index contributed by atoms with van der Waals surface area (Å²) >= 11 is 0. The second-order valence-electron chi connectivity index (χ2n) is 8.57. The maximum Gasteiger partial charge on any atom is 0.167 e. The van der Waals surface area contributed by atoms with Crippen LogP contribution in [0.5, 0.6) is 0 Å². The zero-order valence-corrected chi connectivity index (χ0v) is 18.6. The SMILES string of the molecule is CCOC1NC(NCC(C2CCCO2)N(C)C)NC(NC2CCC(OC)CC2)N1. The molecule has 9 nitrogen and oxygen atoms in total. The van der Waals surface area contributed by atoms with Gasteiger partial charge in [0.2, 0.25) is 0 Å². The van der Waals surface area contributed by atoms with Crippen molar-refractivity contribution in [3.8, 4) is 0 Å². The first-order valence-corrected chi connectivity index (χ1v) is 11.3. The second-order valence-corrected chi connectivity index (χ2v) is 8.57. The minimum absolute atomic E-state index is 0.0186. The average molecular weight is 415 g/mol. The molecule has 0 bridgehead atoms. The van der Waals surface area contributed by atoms with Crippen molar-refractivity contribution in [2.75, 3.05) is 41.0 Å². The van der Waals surface area contributed by atoms with E-state index in [0.29, 0.717) is 30.9 Å². The van der Waals surface area contributed by atoms with E-state index in [-0.39, 0.29) is 18.9 Å². The molecule has 2 saturated heterocycles. The van der Waals surface area contributed by atoms with E-state index in [4.69, 9.17) is 14.2 Å². The standard InChI is InChI=1S/C20H42N6O3/c1-5-28-20-24-18(21-13-16(26(2)3)17-7-6-12-29-17)23-19(25-20)22-14-8-10-15(27-4)11-9-14/h14-25H,5-13H2,1-4H3. The third-order valence-corrected chi connectivity index (χ3v) is 6.30. The van der Waals surface area contributed by atoms with Gasteiger partial charge in [-0.15, -0.1) is 0 Å². The summed E-state index contributed by atoms with van der Waals surface area (Å²) in [5, 5.41) is 17.8. The second kappa shape index (κ2) is 11.9. The van der Waals surface area contributed by atoms with E-state index in [0.717, 1.165) is 51.7 Å². The van der Waals surface area contributed by atoms with Crippen LogP contribution in [0, 0.1) is 0 Å². The zero-order valence-electron chi connectivity index (χ0n) is 18.6. The lowest BCUT2D eigenvalue weighted by atomic mass is 9.93. The summed E-state index contributed by atoms with van der Waals surface area (Å²) in [6, 6.07) is 0.825. The molecule has 29 heavy (non-hydrogen) atoms. The number of methoxy groups -OCH3 is 1. The van der Waals surface area contributed by atoms with Gasteiger partial charge in [0.25, 0.3) is 0 Å². The first-order chi connectivity index (χ1) is 14.1. The molecule has 3 fully saturated rings. The van der Waals surface area contributed by atoms with Gasteiger partial charge in [-0.1, -0.05) is 0 Å². The molecule has 0 spiro atoms. The summed E-state index contributed by atoms with van der Waals surface area (Å²) < 4.78 is 17.3. The molecule has 3 aliphatic rings. The Morgan fingerprint density at radius 3 is 2.45 bits per heavy atom. The lowest BCUT2D eigenvalue weighted by Crippen LogP contribution is -2.76. The Bertz CT molecular complexity index is 457. The number of likely N-dealkylation sites (N-methyl/N-ethyl adjacent to an activating group) is 1. The molecule has 5 N–H and O–H groups in total. The lowest BCUT2D eigenvalue weighted by Gasteiger charge is -2.42. The summed E-state index contributed by atoms with van der Waals surface area (Å²) in [5.41, 5.74) is 0. The van der Waals surface area contributed by atoms with Gasteiger partial charge in [0, 0.05) is 39.0 Å². The minimum atomic E-state index is -0.202. The molecule has 0 aromatic heterocycles. The Labute approximate surface area is 176 Å². The fraction of sp³-hybridized carbons (Fsp3) is 1.00. The third-order valence-electron chi connectivity index (χ3n) is 6.30. The Hall–Kier alpha value is -0.360. The molecule has 0 radical (unpaired) electrons. The van der Waals surface area contributed by atoms with Crippen molar-refractivity contribution in [2.45, 2.75) is 88.7 Å². The van der Waals surface area contributed by atoms with Gasteiger partial charge in [-0.05, 0) is 59.5 Å².